The molecule has 0 aliphatic heterocycles. The first-order chi connectivity index (χ1) is 3.27. The zero-order valence-electron chi connectivity index (χ0n) is 4.73. The normalized spacial score (nSPS) is 7.75. The number of carbonyl (C=O) groups excluding carboxylic acids is 1. The maximum atomic E-state index is 10.1. The fraction of sp³-hybridized carbons (Fsp3) is 0.800. The van der Waals surface area contributed by atoms with Gasteiger partial charge in [-0.25, -0.2) is 0 Å². The third-order valence-corrected chi connectivity index (χ3v) is 0.509. The van der Waals surface area contributed by atoms with E-state index in [0.717, 1.165) is 0 Å². The summed E-state index contributed by atoms with van der Waals surface area (Å²) in [6.07, 6.45) is 0. The summed E-state index contributed by atoms with van der Waals surface area (Å²) in [5, 5.41) is 0. The van der Waals surface area contributed by atoms with Crippen LogP contribution in [0.15, 0.2) is 0 Å². The summed E-state index contributed by atoms with van der Waals surface area (Å²) in [6.45, 7) is 4.26. The van der Waals surface area contributed by atoms with Crippen molar-refractivity contribution in [2.75, 3.05) is 13.2 Å². The second-order valence-electron chi connectivity index (χ2n) is 1.34. The molecule has 0 fully saturated rings. The first kappa shape index (κ1) is 11.7. The van der Waals surface area contributed by atoms with Gasteiger partial charge in [-0.15, -0.1) is 0 Å². The summed E-state index contributed by atoms with van der Waals surface area (Å²) in [6, 6.07) is 0. The van der Waals surface area contributed by atoms with Gasteiger partial charge in [0.25, 0.3) is 0 Å². The number of carbonyl (C=O) groups is 1. The first-order valence-corrected chi connectivity index (χ1v) is 2.34. The number of hydrogen-bond donors (Lipinski definition) is 0. The molecule has 0 aliphatic rings. The van der Waals surface area contributed by atoms with Gasteiger partial charge in [0.1, 0.15) is 6.61 Å². The molecule has 8 heavy (non-hydrogen) atoms. The van der Waals surface area contributed by atoms with Gasteiger partial charge in [0, 0.05) is 6.61 Å². The Hall–Kier alpha value is 0.890. The molecule has 0 atom stereocenters. The van der Waals surface area contributed by atoms with Gasteiger partial charge in [-0.3, -0.25) is 4.79 Å². The van der Waals surface area contributed by atoms with Gasteiger partial charge in [0.05, 0.1) is 0 Å². The molecule has 0 amide bonds. The van der Waals surface area contributed by atoms with Crippen molar-refractivity contribution in [1.82, 2.24) is 0 Å². The van der Waals surface area contributed by atoms with E-state index in [1.54, 1.807) is 0 Å². The van der Waals surface area contributed by atoms with E-state index in [2.05, 4.69) is 0 Å². The first-order valence-electron chi connectivity index (χ1n) is 2.34. The van der Waals surface area contributed by atoms with E-state index in [1.165, 1.54) is 6.92 Å². The van der Waals surface area contributed by atoms with E-state index in [-0.39, 0.29) is 50.1 Å². The van der Waals surface area contributed by atoms with Crippen molar-refractivity contribution in [3.63, 3.8) is 0 Å². The number of hydrogen-bond acceptors (Lipinski definition) is 2. The average molecular weight is 144 g/mol. The van der Waals surface area contributed by atoms with Crippen LogP contribution in [-0.2, 0) is 9.53 Å². The predicted octanol–water partition coefficient (Wildman–Crippen LogP) is -0.304. The van der Waals surface area contributed by atoms with Gasteiger partial charge in [-0.2, -0.15) is 0 Å². The molecule has 0 saturated carbocycles. The van der Waals surface area contributed by atoms with E-state index >= 15 is 0 Å². The van der Waals surface area contributed by atoms with Gasteiger partial charge in [-0.05, 0) is 13.8 Å². The van der Waals surface area contributed by atoms with Gasteiger partial charge in [0.15, 0.2) is 5.78 Å². The maximum absolute atomic E-state index is 10.1. The van der Waals surface area contributed by atoms with Crippen LogP contribution in [0.5, 0.6) is 0 Å². The Morgan fingerprint density at radius 2 is 2.12 bits per heavy atom. The van der Waals surface area contributed by atoms with Crippen molar-refractivity contribution in [3.05, 3.63) is 0 Å². The van der Waals surface area contributed by atoms with Crippen LogP contribution in [0, 0.1) is 0 Å². The number of Topliss-reactive ketones (excluding diaryl/α,β-unsaturated/α-hetero) is 1. The van der Waals surface area contributed by atoms with E-state index < -0.39 is 0 Å². The molecule has 0 spiro atoms. The molecule has 0 aromatic rings. The second-order valence-corrected chi connectivity index (χ2v) is 1.34. The van der Waals surface area contributed by atoms with Crippen molar-refractivity contribution >= 4 is 43.5 Å². The number of ketones is 1. The van der Waals surface area contributed by atoms with Crippen molar-refractivity contribution in [2.45, 2.75) is 13.8 Å². The molecule has 0 N–H and O–H groups in total. The van der Waals surface area contributed by atoms with Crippen LogP contribution in [0.25, 0.3) is 0 Å². The van der Waals surface area contributed by atoms with Gasteiger partial charge in [-0.1, -0.05) is 0 Å². The van der Waals surface area contributed by atoms with Crippen molar-refractivity contribution in [2.24, 2.45) is 0 Å². The molecule has 0 heterocycles. The molecule has 0 aliphatic carbocycles. The van der Waals surface area contributed by atoms with E-state index in [0.29, 0.717) is 6.61 Å². The molecule has 0 aromatic heterocycles. The zero-order chi connectivity index (χ0) is 5.70. The van der Waals surface area contributed by atoms with E-state index in [1.807, 2.05) is 6.92 Å². The van der Waals surface area contributed by atoms with Crippen LogP contribution in [-0.4, -0.2) is 56.7 Å². The Bertz CT molecular complexity index is 63.4. The van der Waals surface area contributed by atoms with E-state index in [9.17, 15) is 4.79 Å². The van der Waals surface area contributed by atoms with Crippen molar-refractivity contribution in [1.29, 1.82) is 0 Å². The Morgan fingerprint density at radius 3 is 2.25 bits per heavy atom. The third-order valence-electron chi connectivity index (χ3n) is 0.509. The monoisotopic (exact) mass is 144 g/mol. The Kier molecular flexibility index (Phi) is 11.5. The summed E-state index contributed by atoms with van der Waals surface area (Å²) in [5.74, 6) is 0.0850. The molecule has 0 rings (SSSR count). The Morgan fingerprint density at radius 1 is 1.62 bits per heavy atom. The van der Waals surface area contributed by atoms with Gasteiger partial charge < -0.3 is 4.74 Å². The molecular formula is C5H12CaO2. The fourth-order valence-corrected chi connectivity index (χ4v) is 0.246. The van der Waals surface area contributed by atoms with Crippen LogP contribution < -0.4 is 0 Å². The van der Waals surface area contributed by atoms with Crippen molar-refractivity contribution < 1.29 is 9.53 Å². The van der Waals surface area contributed by atoms with Gasteiger partial charge >= 0.3 is 37.7 Å². The molecule has 0 unspecified atom stereocenters. The Balaban J connectivity index is 0. The van der Waals surface area contributed by atoms with E-state index in [4.69, 9.17) is 4.74 Å². The summed E-state index contributed by atoms with van der Waals surface area (Å²) in [5.41, 5.74) is 0. The summed E-state index contributed by atoms with van der Waals surface area (Å²) >= 11 is 0. The van der Waals surface area contributed by atoms with Crippen LogP contribution in [0.1, 0.15) is 13.8 Å². The third kappa shape index (κ3) is 10.00. The quantitative estimate of drug-likeness (QED) is 0.508. The predicted molar refractivity (Wildman–Crippen MR) is 35.7 cm³/mol. The van der Waals surface area contributed by atoms with Crippen molar-refractivity contribution in [3.8, 4) is 0 Å². The fourth-order valence-electron chi connectivity index (χ4n) is 0.246. The Labute approximate surface area is 79.6 Å². The molecule has 2 nitrogen and oxygen atoms in total. The van der Waals surface area contributed by atoms with Crippen LogP contribution >= 0.6 is 0 Å². The van der Waals surface area contributed by atoms with Gasteiger partial charge in [0.2, 0.25) is 0 Å². The number of rotatable bonds is 3. The second kappa shape index (κ2) is 7.89. The zero-order valence-corrected chi connectivity index (χ0v) is 4.73. The van der Waals surface area contributed by atoms with Crippen LogP contribution in [0.3, 0.4) is 0 Å². The number of ether oxygens (including phenoxy) is 1. The van der Waals surface area contributed by atoms with Crippen LogP contribution in [0.2, 0.25) is 0 Å². The average Bonchev–Trinajstić information content (AvgIpc) is 1.61. The molecule has 46 valence electrons. The molecule has 0 radical (unpaired) electrons. The minimum atomic E-state index is 0. The molecule has 0 saturated heterocycles. The molecular weight excluding hydrogens is 132 g/mol. The molecule has 0 aromatic carbocycles. The summed E-state index contributed by atoms with van der Waals surface area (Å²) < 4.78 is 4.75. The summed E-state index contributed by atoms with van der Waals surface area (Å²) in [7, 11) is 0. The topological polar surface area (TPSA) is 26.3 Å². The van der Waals surface area contributed by atoms with Crippen LogP contribution in [0.4, 0.5) is 0 Å². The standard InChI is InChI=1S/C5H10O2.Ca.2H/c1-3-7-4-5(2)6;;;/h3-4H2,1-2H3;;;. The molecule has 3 heteroatoms. The SMILES string of the molecule is CCOCC(C)=O.[CaH2]. The molecule has 0 bridgehead atoms. The summed E-state index contributed by atoms with van der Waals surface area (Å²) in [4.78, 5) is 10.1. The minimum absolute atomic E-state index is 0.